The largest absolute Gasteiger partial charge is 0.349 e. The van der Waals surface area contributed by atoms with Crippen LogP contribution in [0, 0.1) is 5.92 Å². The summed E-state index contributed by atoms with van der Waals surface area (Å²) in [5.41, 5.74) is 3.15. The molecule has 2 N–H and O–H groups in total. The van der Waals surface area contributed by atoms with E-state index in [-0.39, 0.29) is 11.9 Å². The van der Waals surface area contributed by atoms with E-state index in [1.807, 2.05) is 36.4 Å². The quantitative estimate of drug-likeness (QED) is 0.567. The second-order valence-electron chi connectivity index (χ2n) is 7.72. The van der Waals surface area contributed by atoms with Crippen molar-refractivity contribution in [2.24, 2.45) is 5.92 Å². The molecule has 1 fully saturated rings. The minimum absolute atomic E-state index is 0.0215. The first kappa shape index (κ1) is 19.3. The van der Waals surface area contributed by atoms with Gasteiger partial charge in [-0.25, -0.2) is 4.98 Å². The van der Waals surface area contributed by atoms with Crippen LogP contribution in [0.2, 0.25) is 10.0 Å². The summed E-state index contributed by atoms with van der Waals surface area (Å²) in [6.07, 6.45) is 4.98. The van der Waals surface area contributed by atoms with Crippen molar-refractivity contribution in [3.8, 4) is 0 Å². The molecule has 4 nitrogen and oxygen atoms in total. The highest BCUT2D eigenvalue weighted by Gasteiger charge is 2.20. The van der Waals surface area contributed by atoms with Crippen molar-refractivity contribution >= 4 is 40.1 Å². The van der Waals surface area contributed by atoms with Crippen molar-refractivity contribution in [1.29, 1.82) is 0 Å². The lowest BCUT2D eigenvalue weighted by molar-refractivity contribution is 0.0923. The van der Waals surface area contributed by atoms with Crippen LogP contribution >= 0.6 is 23.2 Å². The predicted octanol–water partition coefficient (Wildman–Crippen LogP) is 5.77. The monoisotopic (exact) mass is 415 g/mol. The van der Waals surface area contributed by atoms with Gasteiger partial charge in [0.25, 0.3) is 5.91 Å². The number of benzene rings is 2. The molecule has 0 spiro atoms. The zero-order valence-corrected chi connectivity index (χ0v) is 17.3. The molecular weight excluding hydrogens is 393 g/mol. The lowest BCUT2D eigenvalue weighted by Gasteiger charge is -2.26. The topological polar surface area (TPSA) is 57.8 Å². The van der Waals surface area contributed by atoms with E-state index in [1.165, 1.54) is 12.8 Å². The number of rotatable bonds is 4. The summed E-state index contributed by atoms with van der Waals surface area (Å²) >= 11 is 12.5. The molecule has 1 heterocycles. The number of imidazole rings is 1. The summed E-state index contributed by atoms with van der Waals surface area (Å²) < 4.78 is 0. The Morgan fingerprint density at radius 3 is 2.57 bits per heavy atom. The van der Waals surface area contributed by atoms with Crippen LogP contribution in [0.5, 0.6) is 0 Å². The first-order valence-corrected chi connectivity index (χ1v) is 10.5. The van der Waals surface area contributed by atoms with Crippen LogP contribution in [0.25, 0.3) is 11.0 Å². The third-order valence-electron chi connectivity index (χ3n) is 5.55. The van der Waals surface area contributed by atoms with Gasteiger partial charge >= 0.3 is 0 Å². The van der Waals surface area contributed by atoms with Gasteiger partial charge in [0.15, 0.2) is 0 Å². The minimum Gasteiger partial charge on any atom is -0.349 e. The molecule has 0 unspecified atom stereocenters. The molecule has 28 heavy (non-hydrogen) atoms. The van der Waals surface area contributed by atoms with E-state index in [0.717, 1.165) is 41.2 Å². The number of carbonyl (C=O) groups excluding carboxylic acids is 1. The molecule has 146 valence electrons. The van der Waals surface area contributed by atoms with Crippen molar-refractivity contribution in [3.63, 3.8) is 0 Å². The summed E-state index contributed by atoms with van der Waals surface area (Å²) in [7, 11) is 0. The molecule has 0 bridgehead atoms. The molecule has 0 radical (unpaired) electrons. The Hall–Kier alpha value is -2.04. The van der Waals surface area contributed by atoms with Crippen LogP contribution in [0.15, 0.2) is 36.4 Å². The fraction of sp³-hybridized carbons (Fsp3) is 0.364. The number of amides is 1. The fourth-order valence-corrected chi connectivity index (χ4v) is 4.36. The molecule has 1 aliphatic rings. The van der Waals surface area contributed by atoms with E-state index < -0.39 is 0 Å². The first-order chi connectivity index (χ1) is 13.5. The molecule has 4 rings (SSSR count). The van der Waals surface area contributed by atoms with E-state index in [0.29, 0.717) is 22.0 Å². The Bertz CT molecular complexity index is 986. The zero-order valence-electron chi connectivity index (χ0n) is 15.8. The number of aromatic nitrogens is 2. The van der Waals surface area contributed by atoms with E-state index in [9.17, 15) is 4.79 Å². The van der Waals surface area contributed by atoms with Crippen LogP contribution in [0.4, 0.5) is 0 Å². The Kier molecular flexibility index (Phi) is 5.61. The van der Waals surface area contributed by atoms with Crippen LogP contribution in [-0.2, 0) is 6.42 Å². The van der Waals surface area contributed by atoms with Crippen molar-refractivity contribution in [3.05, 3.63) is 63.4 Å². The van der Waals surface area contributed by atoms with Gasteiger partial charge in [-0.05, 0) is 67.5 Å². The molecular formula is C22H23Cl2N3O. The number of aromatic amines is 1. The summed E-state index contributed by atoms with van der Waals surface area (Å²) in [6, 6.07) is 11.3. The number of hydrogen-bond acceptors (Lipinski definition) is 2. The number of H-pyrrole nitrogens is 1. The smallest absolute Gasteiger partial charge is 0.251 e. The van der Waals surface area contributed by atoms with Gasteiger partial charge in [0.2, 0.25) is 0 Å². The lowest BCUT2D eigenvalue weighted by atomic mass is 9.87. The molecule has 1 amide bonds. The SMILES string of the molecule is CC1CCC(NC(=O)c2ccc3nc(Cc4c(Cl)cccc4Cl)[nH]c3c2)CC1. The number of hydrogen-bond donors (Lipinski definition) is 2. The van der Waals surface area contributed by atoms with Gasteiger partial charge in [0.1, 0.15) is 5.82 Å². The van der Waals surface area contributed by atoms with Crippen molar-refractivity contribution in [2.45, 2.75) is 45.1 Å². The third kappa shape index (κ3) is 4.18. The Balaban J connectivity index is 1.51. The second kappa shape index (κ2) is 8.14. The van der Waals surface area contributed by atoms with Crippen molar-refractivity contribution in [2.75, 3.05) is 0 Å². The normalized spacial score (nSPS) is 19.7. The molecule has 0 atom stereocenters. The number of fused-ring (bicyclic) bond motifs is 1. The van der Waals surface area contributed by atoms with Gasteiger partial charge in [-0.15, -0.1) is 0 Å². The Morgan fingerprint density at radius 2 is 1.86 bits per heavy atom. The third-order valence-corrected chi connectivity index (χ3v) is 6.26. The van der Waals surface area contributed by atoms with E-state index in [1.54, 1.807) is 0 Å². The van der Waals surface area contributed by atoms with Gasteiger partial charge in [-0.1, -0.05) is 36.2 Å². The highest BCUT2D eigenvalue weighted by atomic mass is 35.5. The summed E-state index contributed by atoms with van der Waals surface area (Å²) in [5, 5.41) is 4.41. The van der Waals surface area contributed by atoms with Crippen LogP contribution in [0.1, 0.15) is 54.4 Å². The second-order valence-corrected chi connectivity index (χ2v) is 8.54. The minimum atomic E-state index is -0.0215. The lowest BCUT2D eigenvalue weighted by Crippen LogP contribution is -2.37. The average Bonchev–Trinajstić information content (AvgIpc) is 3.08. The molecule has 0 aliphatic heterocycles. The van der Waals surface area contributed by atoms with Gasteiger partial charge in [-0.2, -0.15) is 0 Å². The van der Waals surface area contributed by atoms with Gasteiger partial charge < -0.3 is 10.3 Å². The van der Waals surface area contributed by atoms with E-state index >= 15 is 0 Å². The number of carbonyl (C=O) groups is 1. The standard InChI is InChI=1S/C22H23Cl2N3O/c1-13-5-8-15(9-6-13)25-22(28)14-7-10-19-20(11-14)27-21(26-19)12-16-17(23)3-2-4-18(16)24/h2-4,7,10-11,13,15H,5-6,8-9,12H2,1H3,(H,25,28)(H,26,27). The molecule has 2 aromatic carbocycles. The van der Waals surface area contributed by atoms with Crippen molar-refractivity contribution in [1.82, 2.24) is 15.3 Å². The van der Waals surface area contributed by atoms with Crippen molar-refractivity contribution < 1.29 is 4.79 Å². The van der Waals surface area contributed by atoms with Crippen LogP contribution in [0.3, 0.4) is 0 Å². The average molecular weight is 416 g/mol. The molecule has 3 aromatic rings. The van der Waals surface area contributed by atoms with Crippen LogP contribution < -0.4 is 5.32 Å². The zero-order chi connectivity index (χ0) is 19.7. The maximum atomic E-state index is 12.6. The first-order valence-electron chi connectivity index (χ1n) is 9.72. The highest BCUT2D eigenvalue weighted by molar-refractivity contribution is 6.36. The van der Waals surface area contributed by atoms with Crippen LogP contribution in [-0.4, -0.2) is 21.9 Å². The number of halogens is 2. The molecule has 1 aromatic heterocycles. The van der Waals surface area contributed by atoms with Gasteiger partial charge in [-0.3, -0.25) is 4.79 Å². The predicted molar refractivity (Wildman–Crippen MR) is 114 cm³/mol. The molecule has 6 heteroatoms. The summed E-state index contributed by atoms with van der Waals surface area (Å²) in [6.45, 7) is 2.28. The van der Waals surface area contributed by atoms with E-state index in [2.05, 4.69) is 22.2 Å². The van der Waals surface area contributed by atoms with E-state index in [4.69, 9.17) is 23.2 Å². The Labute approximate surface area is 174 Å². The summed E-state index contributed by atoms with van der Waals surface area (Å²) in [4.78, 5) is 20.5. The molecule has 1 aliphatic carbocycles. The fourth-order valence-electron chi connectivity index (χ4n) is 3.83. The van der Waals surface area contributed by atoms with Gasteiger partial charge in [0, 0.05) is 28.1 Å². The van der Waals surface area contributed by atoms with Gasteiger partial charge in [0.05, 0.1) is 11.0 Å². The highest BCUT2D eigenvalue weighted by Crippen LogP contribution is 2.27. The Morgan fingerprint density at radius 1 is 1.14 bits per heavy atom. The molecule has 0 saturated heterocycles. The maximum absolute atomic E-state index is 12.6. The number of nitrogens with zero attached hydrogens (tertiary/aromatic N) is 1. The maximum Gasteiger partial charge on any atom is 0.251 e. The molecule has 1 saturated carbocycles. The summed E-state index contributed by atoms with van der Waals surface area (Å²) in [5.74, 6) is 1.51. The number of nitrogens with one attached hydrogen (secondary N) is 2.